The molecule has 172 valence electrons. The number of hydrogen-bond acceptors (Lipinski definition) is 8. The molecular formula is C26H21N7O2. The van der Waals surface area contributed by atoms with Gasteiger partial charge < -0.3 is 5.32 Å². The van der Waals surface area contributed by atoms with Gasteiger partial charge in [0.15, 0.2) is 0 Å². The van der Waals surface area contributed by atoms with Gasteiger partial charge in [-0.05, 0) is 55.5 Å². The second-order valence-electron chi connectivity index (χ2n) is 7.74. The zero-order valence-electron chi connectivity index (χ0n) is 18.8. The Morgan fingerprint density at radius 1 is 0.800 bits per heavy atom. The molecule has 0 amide bonds. The maximum absolute atomic E-state index is 12.2. The van der Waals surface area contributed by atoms with E-state index in [0.717, 1.165) is 28.0 Å². The minimum Gasteiger partial charge on any atom is -0.334 e. The van der Waals surface area contributed by atoms with E-state index in [2.05, 4.69) is 25.7 Å². The normalized spacial score (nSPS) is 10.7. The van der Waals surface area contributed by atoms with Gasteiger partial charge >= 0.3 is 5.69 Å². The first kappa shape index (κ1) is 21.8. The third-order valence-electron chi connectivity index (χ3n) is 5.38. The van der Waals surface area contributed by atoms with Crippen LogP contribution in [0, 0.1) is 17.0 Å². The summed E-state index contributed by atoms with van der Waals surface area (Å²) in [5.41, 5.74) is 6.75. The van der Waals surface area contributed by atoms with Crippen LogP contribution in [0.4, 0.5) is 34.4 Å². The molecule has 3 aromatic carbocycles. The van der Waals surface area contributed by atoms with Crippen LogP contribution < -0.4 is 15.8 Å². The second-order valence-corrected chi connectivity index (χ2v) is 7.74. The van der Waals surface area contributed by atoms with E-state index in [1.165, 1.54) is 6.33 Å². The van der Waals surface area contributed by atoms with Crippen molar-refractivity contribution in [3.63, 3.8) is 0 Å². The van der Waals surface area contributed by atoms with E-state index in [1.807, 2.05) is 97.9 Å². The van der Waals surface area contributed by atoms with Crippen molar-refractivity contribution in [2.75, 3.05) is 15.8 Å². The van der Waals surface area contributed by atoms with Gasteiger partial charge in [-0.2, -0.15) is 0 Å². The number of aryl methyl sites for hydroxylation is 1. The average molecular weight is 464 g/mol. The molecule has 9 nitrogen and oxygen atoms in total. The number of anilines is 5. The van der Waals surface area contributed by atoms with Crippen molar-refractivity contribution >= 4 is 45.3 Å². The third-order valence-corrected chi connectivity index (χ3v) is 5.38. The minimum atomic E-state index is -0.494. The van der Waals surface area contributed by atoms with Gasteiger partial charge in [0.2, 0.25) is 11.6 Å². The van der Waals surface area contributed by atoms with Crippen LogP contribution in [0.5, 0.6) is 0 Å². The van der Waals surface area contributed by atoms with E-state index in [0.29, 0.717) is 5.69 Å². The number of rotatable bonds is 7. The van der Waals surface area contributed by atoms with Gasteiger partial charge in [-0.1, -0.05) is 42.5 Å². The predicted molar refractivity (Wildman–Crippen MR) is 137 cm³/mol. The lowest BCUT2D eigenvalue weighted by Crippen LogP contribution is -2.26. The fourth-order valence-electron chi connectivity index (χ4n) is 3.76. The van der Waals surface area contributed by atoms with E-state index in [9.17, 15) is 10.1 Å². The monoisotopic (exact) mass is 463 g/mol. The summed E-state index contributed by atoms with van der Waals surface area (Å²) in [5, 5.41) is 17.9. The van der Waals surface area contributed by atoms with Crippen molar-refractivity contribution in [2.24, 2.45) is 0 Å². The topological polar surface area (TPSA) is 109 Å². The average Bonchev–Trinajstić information content (AvgIpc) is 2.88. The molecule has 5 rings (SSSR count). The first-order valence-corrected chi connectivity index (χ1v) is 10.9. The fraction of sp³-hybridized carbons (Fsp3) is 0.0385. The highest BCUT2D eigenvalue weighted by Gasteiger charge is 2.25. The highest BCUT2D eigenvalue weighted by molar-refractivity contribution is 5.94. The Balaban J connectivity index is 1.57. The molecule has 0 saturated carbocycles. The molecule has 5 aromatic rings. The van der Waals surface area contributed by atoms with Crippen molar-refractivity contribution in [2.45, 2.75) is 6.92 Å². The number of para-hydroxylation sites is 2. The van der Waals surface area contributed by atoms with Crippen molar-refractivity contribution in [3.05, 3.63) is 113 Å². The number of aromatic nitrogens is 3. The Hall–Kier alpha value is -5.05. The Morgan fingerprint density at radius 2 is 1.46 bits per heavy atom. The molecule has 0 radical (unpaired) electrons. The van der Waals surface area contributed by atoms with Gasteiger partial charge in [0.25, 0.3) is 0 Å². The Morgan fingerprint density at radius 3 is 2.11 bits per heavy atom. The lowest BCUT2D eigenvalue weighted by atomic mass is 10.1. The van der Waals surface area contributed by atoms with Gasteiger partial charge in [0.05, 0.1) is 21.8 Å². The van der Waals surface area contributed by atoms with Crippen LogP contribution in [0.2, 0.25) is 0 Å². The van der Waals surface area contributed by atoms with Crippen LogP contribution in [0.25, 0.3) is 10.9 Å². The number of nitro groups is 1. The molecule has 2 N–H and O–H groups in total. The third kappa shape index (κ3) is 4.55. The Bertz CT molecular complexity index is 1450. The van der Waals surface area contributed by atoms with Crippen LogP contribution in [0.1, 0.15) is 5.69 Å². The first-order chi connectivity index (χ1) is 17.1. The summed E-state index contributed by atoms with van der Waals surface area (Å²) in [6, 6.07) is 28.4. The van der Waals surface area contributed by atoms with Crippen molar-refractivity contribution in [3.8, 4) is 0 Å². The molecule has 9 heteroatoms. The summed E-state index contributed by atoms with van der Waals surface area (Å²) >= 11 is 0. The zero-order valence-corrected chi connectivity index (χ0v) is 18.8. The SMILES string of the molecule is Cc1ccc2c(Nc3ncnc(NN(c4ccccc4)c4ccccc4)c3[N+](=O)[O-])cccc2n1. The summed E-state index contributed by atoms with van der Waals surface area (Å²) in [7, 11) is 0. The predicted octanol–water partition coefficient (Wildman–Crippen LogP) is 6.15. The molecule has 2 aromatic heterocycles. The van der Waals surface area contributed by atoms with Crippen LogP contribution in [0.3, 0.4) is 0 Å². The van der Waals surface area contributed by atoms with Crippen molar-refractivity contribution < 1.29 is 4.92 Å². The number of pyridine rings is 1. The molecule has 0 saturated heterocycles. The molecule has 0 aliphatic heterocycles. The van der Waals surface area contributed by atoms with E-state index < -0.39 is 4.92 Å². The highest BCUT2D eigenvalue weighted by Crippen LogP contribution is 2.35. The molecule has 0 bridgehead atoms. The lowest BCUT2D eigenvalue weighted by Gasteiger charge is -2.26. The van der Waals surface area contributed by atoms with Crippen molar-refractivity contribution in [1.29, 1.82) is 0 Å². The maximum atomic E-state index is 12.2. The van der Waals surface area contributed by atoms with Crippen LogP contribution >= 0.6 is 0 Å². The minimum absolute atomic E-state index is 0.0504. The quantitative estimate of drug-likeness (QED) is 0.218. The molecule has 0 unspecified atom stereocenters. The molecule has 0 aliphatic rings. The number of fused-ring (bicyclic) bond motifs is 1. The highest BCUT2D eigenvalue weighted by atomic mass is 16.6. The summed E-state index contributed by atoms with van der Waals surface area (Å²) in [6.45, 7) is 1.91. The van der Waals surface area contributed by atoms with Gasteiger partial charge in [0.1, 0.15) is 6.33 Å². The number of hydrogen-bond donors (Lipinski definition) is 2. The first-order valence-electron chi connectivity index (χ1n) is 10.9. The summed E-state index contributed by atoms with van der Waals surface area (Å²) < 4.78 is 0. The standard InChI is InChI=1S/C26H21N7O2/c1-18-15-16-21-22(29-18)13-8-14-23(21)30-25-24(33(34)35)26(28-17-27-25)31-32(19-9-4-2-5-10-19)20-11-6-3-7-12-20/h2-17H,1H3,(H2,27,28,30,31). The Labute approximate surface area is 201 Å². The molecule has 0 aliphatic carbocycles. The second kappa shape index (κ2) is 9.44. The molecule has 2 heterocycles. The number of nitrogens with zero attached hydrogens (tertiary/aromatic N) is 5. The molecule has 0 atom stereocenters. The number of nitrogens with one attached hydrogen (secondary N) is 2. The van der Waals surface area contributed by atoms with E-state index >= 15 is 0 Å². The number of benzene rings is 3. The largest absolute Gasteiger partial charge is 0.355 e. The van der Waals surface area contributed by atoms with Crippen LogP contribution in [-0.4, -0.2) is 19.9 Å². The maximum Gasteiger partial charge on any atom is 0.355 e. The zero-order chi connectivity index (χ0) is 24.2. The summed E-state index contributed by atoms with van der Waals surface area (Å²) in [6.07, 6.45) is 1.29. The lowest BCUT2D eigenvalue weighted by molar-refractivity contribution is -0.383. The van der Waals surface area contributed by atoms with Gasteiger partial charge in [0, 0.05) is 16.8 Å². The molecule has 35 heavy (non-hydrogen) atoms. The van der Waals surface area contributed by atoms with Gasteiger partial charge in [-0.3, -0.25) is 25.5 Å². The number of hydrazine groups is 1. The van der Waals surface area contributed by atoms with E-state index in [1.54, 1.807) is 5.01 Å². The summed E-state index contributed by atoms with van der Waals surface area (Å²) in [5.74, 6) is 0.121. The van der Waals surface area contributed by atoms with E-state index in [4.69, 9.17) is 0 Å². The fourth-order valence-corrected chi connectivity index (χ4v) is 3.76. The van der Waals surface area contributed by atoms with Crippen LogP contribution in [-0.2, 0) is 0 Å². The smallest absolute Gasteiger partial charge is 0.334 e. The molecule has 0 spiro atoms. The Kier molecular flexibility index (Phi) is 5.87. The molecular weight excluding hydrogens is 442 g/mol. The molecule has 0 fully saturated rings. The van der Waals surface area contributed by atoms with E-state index in [-0.39, 0.29) is 17.3 Å². The van der Waals surface area contributed by atoms with Gasteiger partial charge in [-0.25, -0.2) is 9.97 Å². The van der Waals surface area contributed by atoms with Crippen molar-refractivity contribution in [1.82, 2.24) is 15.0 Å². The summed E-state index contributed by atoms with van der Waals surface area (Å²) in [4.78, 5) is 24.6. The van der Waals surface area contributed by atoms with Crippen LogP contribution in [0.15, 0.2) is 97.3 Å². The van der Waals surface area contributed by atoms with Gasteiger partial charge in [-0.15, -0.1) is 0 Å².